The molecule has 0 unspecified atom stereocenters. The monoisotopic (exact) mass is 376 g/mol. The quantitative estimate of drug-likeness (QED) is 0.373. The molecular formula is C22H24N4O2. The number of amidine groups is 1. The standard InChI is InChI=1S/C22H24N4O2/c1-15(2)19-7-6-16(3)11-20(19)28-21-12-18(8-10-24-21)22(26-27)25-14-17-5-4-9-23-13-17/h4-13,15,27H,14H2,1-3H3,(H,25,26). The van der Waals surface area contributed by atoms with E-state index in [1.807, 2.05) is 25.1 Å². The Morgan fingerprint density at radius 3 is 2.75 bits per heavy atom. The van der Waals surface area contributed by atoms with Gasteiger partial charge >= 0.3 is 0 Å². The summed E-state index contributed by atoms with van der Waals surface area (Å²) < 4.78 is 6.06. The third kappa shape index (κ3) is 4.92. The van der Waals surface area contributed by atoms with E-state index >= 15 is 0 Å². The first kappa shape index (κ1) is 19.5. The number of hydrogen-bond donors (Lipinski definition) is 2. The Morgan fingerprint density at radius 1 is 1.18 bits per heavy atom. The molecule has 2 aromatic heterocycles. The van der Waals surface area contributed by atoms with E-state index in [2.05, 4.69) is 46.4 Å². The van der Waals surface area contributed by atoms with Gasteiger partial charge in [0.15, 0.2) is 5.84 Å². The Hall–Kier alpha value is -3.25. The minimum absolute atomic E-state index is 0.328. The number of nitrogens with zero attached hydrogens (tertiary/aromatic N) is 3. The lowest BCUT2D eigenvalue weighted by Gasteiger charge is -2.14. The zero-order valence-electron chi connectivity index (χ0n) is 16.3. The number of ether oxygens (including phenoxy) is 1. The lowest BCUT2D eigenvalue weighted by Crippen LogP contribution is -2.20. The summed E-state index contributed by atoms with van der Waals surface area (Å²) in [6.07, 6.45) is 5.08. The van der Waals surface area contributed by atoms with E-state index in [1.165, 1.54) is 0 Å². The van der Waals surface area contributed by atoms with Crippen molar-refractivity contribution in [2.75, 3.05) is 0 Å². The smallest absolute Gasteiger partial charge is 0.219 e. The summed E-state index contributed by atoms with van der Waals surface area (Å²) in [4.78, 5) is 12.8. The topological polar surface area (TPSA) is 79.6 Å². The van der Waals surface area contributed by atoms with E-state index in [9.17, 15) is 5.21 Å². The van der Waals surface area contributed by atoms with Gasteiger partial charge in [-0.05, 0) is 47.7 Å². The second kappa shape index (κ2) is 9.10. The van der Waals surface area contributed by atoms with Crippen LogP contribution >= 0.6 is 0 Å². The molecule has 0 radical (unpaired) electrons. The second-order valence-corrected chi connectivity index (χ2v) is 6.82. The van der Waals surface area contributed by atoms with E-state index < -0.39 is 0 Å². The fourth-order valence-corrected chi connectivity index (χ4v) is 2.79. The van der Waals surface area contributed by atoms with Crippen LogP contribution in [0.25, 0.3) is 0 Å². The van der Waals surface area contributed by atoms with E-state index in [1.54, 1.807) is 30.7 Å². The second-order valence-electron chi connectivity index (χ2n) is 6.82. The van der Waals surface area contributed by atoms with Crippen molar-refractivity contribution < 1.29 is 9.94 Å². The first-order valence-electron chi connectivity index (χ1n) is 9.15. The molecular weight excluding hydrogens is 352 g/mol. The molecule has 3 rings (SSSR count). The molecule has 28 heavy (non-hydrogen) atoms. The molecule has 2 heterocycles. The van der Waals surface area contributed by atoms with Gasteiger partial charge < -0.3 is 4.74 Å². The van der Waals surface area contributed by atoms with Crippen LogP contribution in [-0.4, -0.2) is 21.0 Å². The summed E-state index contributed by atoms with van der Waals surface area (Å²) in [5.41, 5.74) is 6.02. The molecule has 0 aliphatic heterocycles. The first-order valence-corrected chi connectivity index (χ1v) is 9.15. The van der Waals surface area contributed by atoms with E-state index in [0.29, 0.717) is 29.7 Å². The molecule has 0 amide bonds. The largest absolute Gasteiger partial charge is 0.439 e. The predicted octanol–water partition coefficient (Wildman–Crippen LogP) is 4.63. The van der Waals surface area contributed by atoms with Crippen LogP contribution in [0.1, 0.15) is 42.0 Å². The normalized spacial score (nSPS) is 11.5. The third-order valence-electron chi connectivity index (χ3n) is 4.26. The molecule has 6 heteroatoms. The summed E-state index contributed by atoms with van der Waals surface area (Å²) in [5.74, 6) is 1.89. The highest BCUT2D eigenvalue weighted by molar-refractivity contribution is 5.98. The lowest BCUT2D eigenvalue weighted by atomic mass is 10.0. The maximum absolute atomic E-state index is 9.53. The number of aliphatic imine (C=N–C) groups is 1. The zero-order chi connectivity index (χ0) is 19.9. The minimum atomic E-state index is 0.328. The summed E-state index contributed by atoms with van der Waals surface area (Å²) in [6.45, 7) is 6.67. The highest BCUT2D eigenvalue weighted by Gasteiger charge is 2.11. The molecule has 1 aromatic carbocycles. The average molecular weight is 376 g/mol. The molecule has 0 spiro atoms. The number of rotatable bonds is 6. The SMILES string of the molecule is Cc1ccc(C(C)C)c(Oc2cc(C(=NCc3cccnc3)NO)ccn2)c1. The zero-order valence-corrected chi connectivity index (χ0v) is 16.3. The van der Waals surface area contributed by atoms with Gasteiger partial charge in [-0.2, -0.15) is 0 Å². The average Bonchev–Trinajstić information content (AvgIpc) is 2.69. The molecule has 0 aliphatic rings. The number of hydrogen-bond acceptors (Lipinski definition) is 5. The van der Waals surface area contributed by atoms with Crippen molar-refractivity contribution in [3.8, 4) is 11.6 Å². The molecule has 6 nitrogen and oxygen atoms in total. The van der Waals surface area contributed by atoms with Crippen LogP contribution in [0.15, 0.2) is 66.0 Å². The Labute approximate surface area is 164 Å². The number of hydroxylamine groups is 1. The van der Waals surface area contributed by atoms with Crippen molar-refractivity contribution in [2.24, 2.45) is 4.99 Å². The molecule has 0 aliphatic carbocycles. The van der Waals surface area contributed by atoms with Crippen molar-refractivity contribution in [3.05, 3.63) is 83.3 Å². The molecule has 2 N–H and O–H groups in total. The number of pyridine rings is 2. The first-order chi connectivity index (χ1) is 13.6. The number of benzene rings is 1. The molecule has 144 valence electrons. The van der Waals surface area contributed by atoms with Gasteiger partial charge in [0.25, 0.3) is 0 Å². The van der Waals surface area contributed by atoms with Crippen molar-refractivity contribution in [1.29, 1.82) is 0 Å². The molecule has 0 bridgehead atoms. The lowest BCUT2D eigenvalue weighted by molar-refractivity contribution is 0.234. The van der Waals surface area contributed by atoms with Crippen LogP contribution < -0.4 is 10.2 Å². The van der Waals surface area contributed by atoms with Crippen LogP contribution in [0.4, 0.5) is 0 Å². The van der Waals surface area contributed by atoms with Gasteiger partial charge in [0.1, 0.15) is 5.75 Å². The van der Waals surface area contributed by atoms with Crippen LogP contribution in [0, 0.1) is 6.92 Å². The molecule has 0 saturated carbocycles. The van der Waals surface area contributed by atoms with Gasteiger partial charge in [0, 0.05) is 30.2 Å². The Balaban J connectivity index is 1.85. The maximum Gasteiger partial charge on any atom is 0.219 e. The van der Waals surface area contributed by atoms with Gasteiger partial charge in [-0.1, -0.05) is 32.0 Å². The van der Waals surface area contributed by atoms with Crippen LogP contribution in [0.2, 0.25) is 0 Å². The van der Waals surface area contributed by atoms with Gasteiger partial charge in [-0.3, -0.25) is 20.7 Å². The fraction of sp³-hybridized carbons (Fsp3) is 0.227. The van der Waals surface area contributed by atoms with Crippen LogP contribution in [-0.2, 0) is 6.54 Å². The van der Waals surface area contributed by atoms with E-state index in [0.717, 1.165) is 22.4 Å². The molecule has 0 atom stereocenters. The summed E-state index contributed by atoms with van der Waals surface area (Å²) >= 11 is 0. The highest BCUT2D eigenvalue weighted by Crippen LogP contribution is 2.31. The van der Waals surface area contributed by atoms with Crippen LogP contribution in [0.3, 0.4) is 0 Å². The van der Waals surface area contributed by atoms with Crippen molar-refractivity contribution in [3.63, 3.8) is 0 Å². The highest BCUT2D eigenvalue weighted by atomic mass is 16.5. The number of aromatic nitrogens is 2. The molecule has 0 saturated heterocycles. The predicted molar refractivity (Wildman–Crippen MR) is 109 cm³/mol. The minimum Gasteiger partial charge on any atom is -0.439 e. The molecule has 0 fully saturated rings. The number of nitrogens with one attached hydrogen (secondary N) is 1. The fourth-order valence-electron chi connectivity index (χ4n) is 2.79. The Bertz CT molecular complexity index is 956. The van der Waals surface area contributed by atoms with E-state index in [4.69, 9.17) is 4.74 Å². The van der Waals surface area contributed by atoms with Gasteiger partial charge in [-0.25, -0.2) is 4.98 Å². The molecule has 3 aromatic rings. The summed E-state index contributed by atoms with van der Waals surface area (Å²) in [7, 11) is 0. The summed E-state index contributed by atoms with van der Waals surface area (Å²) in [5, 5.41) is 9.53. The third-order valence-corrected chi connectivity index (χ3v) is 4.26. The van der Waals surface area contributed by atoms with Gasteiger partial charge in [0.05, 0.1) is 6.54 Å². The van der Waals surface area contributed by atoms with E-state index in [-0.39, 0.29) is 0 Å². The van der Waals surface area contributed by atoms with Crippen molar-refractivity contribution >= 4 is 5.84 Å². The van der Waals surface area contributed by atoms with Crippen molar-refractivity contribution in [2.45, 2.75) is 33.2 Å². The van der Waals surface area contributed by atoms with Gasteiger partial charge in [0.2, 0.25) is 5.88 Å². The van der Waals surface area contributed by atoms with Gasteiger partial charge in [-0.15, -0.1) is 0 Å². The summed E-state index contributed by atoms with van der Waals surface area (Å²) in [6, 6.07) is 13.4. The van der Waals surface area contributed by atoms with Crippen LogP contribution in [0.5, 0.6) is 11.6 Å². The Morgan fingerprint density at radius 2 is 2.04 bits per heavy atom. The number of aryl methyl sites for hydroxylation is 1. The maximum atomic E-state index is 9.53. The Kier molecular flexibility index (Phi) is 6.34. The van der Waals surface area contributed by atoms with Crippen molar-refractivity contribution in [1.82, 2.24) is 15.4 Å².